The number of nitrogens with zero attached hydrogens (tertiary/aromatic N) is 5. The average molecular weight is 313 g/mol. The molecule has 6 nitrogen and oxygen atoms in total. The van der Waals surface area contributed by atoms with Crippen LogP contribution in [0, 0.1) is 6.92 Å². The van der Waals surface area contributed by atoms with Crippen LogP contribution in [0.1, 0.15) is 11.3 Å². The minimum absolute atomic E-state index is 0.363. The molecule has 7 heteroatoms. The van der Waals surface area contributed by atoms with Gasteiger partial charge in [-0.25, -0.2) is 9.66 Å². The molecule has 0 atom stereocenters. The molecule has 0 fully saturated rings. The summed E-state index contributed by atoms with van der Waals surface area (Å²) in [6, 6.07) is 11.3. The van der Waals surface area contributed by atoms with E-state index in [2.05, 4.69) is 20.3 Å². The normalized spacial score (nSPS) is 11.2. The van der Waals surface area contributed by atoms with Crippen LogP contribution in [0.3, 0.4) is 0 Å². The molecule has 110 valence electrons. The Morgan fingerprint density at radius 2 is 1.91 bits per heavy atom. The summed E-state index contributed by atoms with van der Waals surface area (Å²) in [5.41, 5.74) is 9.22. The number of nitrogen functional groups attached to an aromatic ring is 1. The van der Waals surface area contributed by atoms with Crippen LogP contribution >= 0.6 is 11.6 Å². The molecule has 0 radical (unpaired) electrons. The lowest BCUT2D eigenvalue weighted by atomic mass is 10.1. The van der Waals surface area contributed by atoms with Gasteiger partial charge in [0.25, 0.3) is 0 Å². The maximum absolute atomic E-state index is 5.73. The first kappa shape index (κ1) is 14.2. The average Bonchev–Trinajstić information content (AvgIpc) is 2.84. The molecule has 3 rings (SSSR count). The van der Waals surface area contributed by atoms with Gasteiger partial charge in [-0.05, 0) is 24.6 Å². The highest BCUT2D eigenvalue weighted by Gasteiger charge is 2.01. The summed E-state index contributed by atoms with van der Waals surface area (Å²) >= 11 is 5.73. The summed E-state index contributed by atoms with van der Waals surface area (Å²) in [6.45, 7) is 1.87. The van der Waals surface area contributed by atoms with Gasteiger partial charge >= 0.3 is 0 Å². The maximum Gasteiger partial charge on any atom is 0.221 e. The van der Waals surface area contributed by atoms with Gasteiger partial charge in [-0.1, -0.05) is 35.9 Å². The van der Waals surface area contributed by atoms with Gasteiger partial charge in [0, 0.05) is 5.56 Å². The molecule has 3 aromatic rings. The summed E-state index contributed by atoms with van der Waals surface area (Å²) in [4.78, 5) is 4.09. The molecular weight excluding hydrogens is 300 g/mol. The van der Waals surface area contributed by atoms with E-state index >= 15 is 0 Å². The van der Waals surface area contributed by atoms with Crippen molar-refractivity contribution in [3.8, 4) is 11.3 Å². The zero-order chi connectivity index (χ0) is 15.5. The number of aromatic nitrogens is 4. The van der Waals surface area contributed by atoms with Crippen LogP contribution in [0.4, 0.5) is 5.95 Å². The van der Waals surface area contributed by atoms with Gasteiger partial charge in [0.15, 0.2) is 5.15 Å². The van der Waals surface area contributed by atoms with Crippen LogP contribution in [-0.4, -0.2) is 26.1 Å². The molecule has 0 aliphatic carbocycles. The predicted molar refractivity (Wildman–Crippen MR) is 86.8 cm³/mol. The predicted octanol–water partition coefficient (Wildman–Crippen LogP) is 2.77. The third kappa shape index (κ3) is 3.12. The molecule has 0 spiro atoms. The molecule has 1 aromatic carbocycles. The highest BCUT2D eigenvalue weighted by atomic mass is 35.5. The van der Waals surface area contributed by atoms with Crippen LogP contribution in [0.15, 0.2) is 47.7 Å². The maximum atomic E-state index is 5.73. The minimum atomic E-state index is 0.363. The lowest BCUT2D eigenvalue weighted by Crippen LogP contribution is -1.97. The monoisotopic (exact) mass is 312 g/mol. The topological polar surface area (TPSA) is 82.0 Å². The van der Waals surface area contributed by atoms with E-state index in [1.165, 1.54) is 4.68 Å². The van der Waals surface area contributed by atoms with Crippen molar-refractivity contribution in [2.24, 2.45) is 5.10 Å². The van der Waals surface area contributed by atoms with E-state index in [1.807, 2.05) is 37.3 Å². The Bertz CT molecular complexity index is 805. The number of hydrogen-bond donors (Lipinski definition) is 1. The zero-order valence-electron chi connectivity index (χ0n) is 11.8. The fourth-order valence-electron chi connectivity index (χ4n) is 1.94. The second-order valence-electron chi connectivity index (χ2n) is 4.69. The molecule has 2 N–H and O–H groups in total. The number of rotatable bonds is 3. The summed E-state index contributed by atoms with van der Waals surface area (Å²) < 4.78 is 1.54. The Hall–Kier alpha value is -2.73. The molecule has 0 bridgehead atoms. The molecule has 0 saturated heterocycles. The summed E-state index contributed by atoms with van der Waals surface area (Å²) in [7, 11) is 0. The molecule has 2 heterocycles. The van der Waals surface area contributed by atoms with Gasteiger partial charge < -0.3 is 5.73 Å². The molecule has 2 aromatic heterocycles. The van der Waals surface area contributed by atoms with Crippen molar-refractivity contribution >= 4 is 23.8 Å². The smallest absolute Gasteiger partial charge is 0.221 e. The molecular formula is C15H13ClN6. The first-order valence-electron chi connectivity index (χ1n) is 6.57. The largest absolute Gasteiger partial charge is 0.368 e. The van der Waals surface area contributed by atoms with Crippen molar-refractivity contribution in [2.45, 2.75) is 6.92 Å². The van der Waals surface area contributed by atoms with E-state index in [0.29, 0.717) is 11.1 Å². The highest BCUT2D eigenvalue weighted by Crippen LogP contribution is 2.17. The summed E-state index contributed by atoms with van der Waals surface area (Å²) in [5.74, 6) is 0.363. The Kier molecular flexibility index (Phi) is 3.84. The minimum Gasteiger partial charge on any atom is -0.368 e. The Morgan fingerprint density at radius 3 is 2.50 bits per heavy atom. The Morgan fingerprint density at radius 1 is 1.14 bits per heavy atom. The van der Waals surface area contributed by atoms with E-state index in [-0.39, 0.29) is 0 Å². The van der Waals surface area contributed by atoms with E-state index in [4.69, 9.17) is 17.3 Å². The van der Waals surface area contributed by atoms with E-state index < -0.39 is 0 Å². The van der Waals surface area contributed by atoms with E-state index in [0.717, 1.165) is 22.5 Å². The molecule has 22 heavy (non-hydrogen) atoms. The van der Waals surface area contributed by atoms with Crippen LogP contribution in [0.5, 0.6) is 0 Å². The SMILES string of the molecule is Cc1cn(N=Cc2ccc(-c3ccc(Cl)nn3)cc2)c(N)n1. The lowest BCUT2D eigenvalue weighted by Gasteiger charge is -2.00. The van der Waals surface area contributed by atoms with Gasteiger partial charge in [0.05, 0.1) is 23.8 Å². The number of aryl methyl sites for hydroxylation is 1. The number of imidazole rings is 1. The lowest BCUT2D eigenvalue weighted by molar-refractivity contribution is 0.897. The van der Waals surface area contributed by atoms with Gasteiger partial charge in [-0.2, -0.15) is 5.10 Å². The van der Waals surface area contributed by atoms with Crippen molar-refractivity contribution in [1.82, 2.24) is 19.9 Å². The quantitative estimate of drug-likeness (QED) is 0.754. The molecule has 0 aliphatic rings. The number of nitrogens with two attached hydrogens (primary N) is 1. The second kappa shape index (κ2) is 5.95. The van der Waals surface area contributed by atoms with Crippen molar-refractivity contribution in [3.05, 3.63) is 59.0 Å². The summed E-state index contributed by atoms with van der Waals surface area (Å²) in [5, 5.41) is 12.5. The Balaban J connectivity index is 1.79. The summed E-state index contributed by atoms with van der Waals surface area (Å²) in [6.07, 6.45) is 3.48. The van der Waals surface area contributed by atoms with Crippen molar-refractivity contribution in [1.29, 1.82) is 0 Å². The van der Waals surface area contributed by atoms with Crippen LogP contribution in [0.25, 0.3) is 11.3 Å². The van der Waals surface area contributed by atoms with Gasteiger partial charge in [0.2, 0.25) is 5.95 Å². The standard InChI is InChI=1S/C15H13ClN6/c1-10-9-22(15(17)19-10)18-8-11-2-4-12(5-3-11)13-6-7-14(16)21-20-13/h2-9H,1H3,(H2,17,19). The number of anilines is 1. The third-order valence-electron chi connectivity index (χ3n) is 3.00. The van der Waals surface area contributed by atoms with Crippen LogP contribution in [0.2, 0.25) is 5.15 Å². The van der Waals surface area contributed by atoms with Gasteiger partial charge in [-0.15, -0.1) is 10.2 Å². The number of benzene rings is 1. The molecule has 0 unspecified atom stereocenters. The van der Waals surface area contributed by atoms with Gasteiger partial charge in [0.1, 0.15) is 0 Å². The van der Waals surface area contributed by atoms with E-state index in [1.54, 1.807) is 18.5 Å². The first-order chi connectivity index (χ1) is 10.6. The number of hydrogen-bond acceptors (Lipinski definition) is 5. The van der Waals surface area contributed by atoms with Gasteiger partial charge in [-0.3, -0.25) is 0 Å². The zero-order valence-corrected chi connectivity index (χ0v) is 12.6. The fraction of sp³-hybridized carbons (Fsp3) is 0.0667. The second-order valence-corrected chi connectivity index (χ2v) is 5.08. The first-order valence-corrected chi connectivity index (χ1v) is 6.95. The van der Waals surface area contributed by atoms with Crippen LogP contribution < -0.4 is 5.73 Å². The molecule has 0 saturated carbocycles. The fourth-order valence-corrected chi connectivity index (χ4v) is 2.04. The highest BCUT2D eigenvalue weighted by molar-refractivity contribution is 6.29. The van der Waals surface area contributed by atoms with Crippen LogP contribution in [-0.2, 0) is 0 Å². The van der Waals surface area contributed by atoms with Crippen molar-refractivity contribution in [3.63, 3.8) is 0 Å². The van der Waals surface area contributed by atoms with Crippen molar-refractivity contribution < 1.29 is 0 Å². The van der Waals surface area contributed by atoms with E-state index in [9.17, 15) is 0 Å². The molecule has 0 amide bonds. The molecule has 0 aliphatic heterocycles. The Labute approximate surface area is 132 Å². The number of halogens is 1. The third-order valence-corrected chi connectivity index (χ3v) is 3.21. The van der Waals surface area contributed by atoms with Crippen molar-refractivity contribution in [2.75, 3.05) is 5.73 Å².